The smallest absolute Gasteiger partial charge is 0.404 e. The van der Waals surface area contributed by atoms with Crippen molar-refractivity contribution in [2.45, 2.75) is 12.2 Å². The number of nitrogens with two attached hydrogens (primary N) is 1. The summed E-state index contributed by atoms with van der Waals surface area (Å²) in [6.07, 6.45) is -3.64. The topological polar surface area (TPSA) is 113 Å². The monoisotopic (exact) mass is 165 g/mol. The molecule has 66 valence electrons. The molecule has 0 saturated heterocycles. The molecule has 0 fully saturated rings. The molecule has 0 unspecified atom stereocenters. The third-order valence-electron chi connectivity index (χ3n) is 1.03. The van der Waals surface area contributed by atoms with E-state index in [2.05, 4.69) is 10.5 Å². The highest BCUT2D eigenvalue weighted by Gasteiger charge is 2.15. The second-order valence-corrected chi connectivity index (χ2v) is 1.95. The molecule has 0 aliphatic carbocycles. The van der Waals surface area contributed by atoms with E-state index in [9.17, 15) is 4.79 Å². The van der Waals surface area contributed by atoms with Crippen LogP contribution in [0.5, 0.6) is 0 Å². The molecule has 6 nitrogen and oxygen atoms in total. The van der Waals surface area contributed by atoms with Crippen LogP contribution < -0.4 is 5.73 Å². The van der Waals surface area contributed by atoms with Crippen molar-refractivity contribution in [3.05, 3.63) is 0 Å². The van der Waals surface area contributed by atoms with Gasteiger partial charge in [-0.3, -0.25) is 0 Å². The molecule has 5 N–H and O–H groups in total. The summed E-state index contributed by atoms with van der Waals surface area (Å²) in [5.41, 5.74) is 4.57. The van der Waals surface area contributed by atoms with E-state index in [1.165, 1.54) is 0 Å². The quantitative estimate of drug-likeness (QED) is 0.377. The first-order valence-electron chi connectivity index (χ1n) is 2.97. The summed E-state index contributed by atoms with van der Waals surface area (Å²) in [4.78, 5) is 9.96. The maximum absolute atomic E-state index is 9.96. The van der Waals surface area contributed by atoms with Crippen LogP contribution in [0.1, 0.15) is 0 Å². The van der Waals surface area contributed by atoms with Gasteiger partial charge in [0.25, 0.3) is 0 Å². The first-order chi connectivity index (χ1) is 5.07. The fraction of sp³-hybridized carbons (Fsp3) is 0.800. The van der Waals surface area contributed by atoms with Gasteiger partial charge in [0, 0.05) is 0 Å². The van der Waals surface area contributed by atoms with E-state index in [0.29, 0.717) is 0 Å². The predicted octanol–water partition coefficient (Wildman–Crippen LogP) is -2.20. The van der Waals surface area contributed by atoms with Crippen molar-refractivity contribution in [2.75, 3.05) is 13.2 Å². The van der Waals surface area contributed by atoms with Gasteiger partial charge in [0.05, 0.1) is 6.61 Å². The van der Waals surface area contributed by atoms with Gasteiger partial charge >= 0.3 is 6.09 Å². The van der Waals surface area contributed by atoms with E-state index < -0.39 is 31.5 Å². The molecule has 0 heterocycles. The first kappa shape index (κ1) is 10.2. The van der Waals surface area contributed by atoms with Crippen molar-refractivity contribution in [1.82, 2.24) is 0 Å². The Balaban J connectivity index is 3.51. The maximum atomic E-state index is 9.96. The summed E-state index contributed by atoms with van der Waals surface area (Å²) >= 11 is 0. The Morgan fingerprint density at radius 2 is 2.00 bits per heavy atom. The number of aliphatic hydroxyl groups is 3. The third kappa shape index (κ3) is 4.54. The molecule has 0 aliphatic heterocycles. The van der Waals surface area contributed by atoms with Gasteiger partial charge in [0.15, 0.2) is 0 Å². The molecule has 0 aliphatic rings. The highest BCUT2D eigenvalue weighted by Crippen LogP contribution is 1.92. The predicted molar refractivity (Wildman–Crippen MR) is 34.6 cm³/mol. The SMILES string of the molecule is NC(=O)OC[C@@H](O)[C@H](O)CO. The van der Waals surface area contributed by atoms with Gasteiger partial charge in [-0.1, -0.05) is 0 Å². The van der Waals surface area contributed by atoms with Gasteiger partial charge in [-0.25, -0.2) is 4.79 Å². The van der Waals surface area contributed by atoms with Gasteiger partial charge in [-0.2, -0.15) is 0 Å². The Hall–Kier alpha value is -0.850. The number of carbonyl (C=O) groups excluding carboxylic acids is 1. The highest BCUT2D eigenvalue weighted by atomic mass is 16.6. The standard InChI is InChI=1S/C5H11NO5/c6-5(10)11-2-4(9)3(8)1-7/h3-4,7-9H,1-2H2,(H2,6,10)/t3-,4-/m1/s1. The normalized spacial score (nSPS) is 15.5. The van der Waals surface area contributed by atoms with E-state index in [-0.39, 0.29) is 0 Å². The van der Waals surface area contributed by atoms with Crippen LogP contribution in [-0.2, 0) is 4.74 Å². The summed E-state index contributed by atoms with van der Waals surface area (Å²) in [6.45, 7) is -1.01. The molecule has 0 bridgehead atoms. The van der Waals surface area contributed by atoms with Crippen LogP contribution in [0.2, 0.25) is 0 Å². The van der Waals surface area contributed by atoms with Crippen molar-refractivity contribution in [1.29, 1.82) is 0 Å². The Morgan fingerprint density at radius 3 is 2.36 bits per heavy atom. The third-order valence-corrected chi connectivity index (χ3v) is 1.03. The minimum absolute atomic E-state index is 0.420. The number of hydrogen-bond acceptors (Lipinski definition) is 5. The fourth-order valence-electron chi connectivity index (χ4n) is 0.400. The lowest BCUT2D eigenvalue weighted by Gasteiger charge is -2.14. The second kappa shape index (κ2) is 4.89. The average Bonchev–Trinajstić information content (AvgIpc) is 1.98. The van der Waals surface area contributed by atoms with Crippen molar-refractivity contribution >= 4 is 6.09 Å². The van der Waals surface area contributed by atoms with Gasteiger partial charge in [-0.05, 0) is 0 Å². The van der Waals surface area contributed by atoms with E-state index >= 15 is 0 Å². The largest absolute Gasteiger partial charge is 0.447 e. The Bertz CT molecular complexity index is 128. The van der Waals surface area contributed by atoms with Crippen LogP contribution in [0.25, 0.3) is 0 Å². The fourth-order valence-corrected chi connectivity index (χ4v) is 0.400. The van der Waals surface area contributed by atoms with Gasteiger partial charge in [0.2, 0.25) is 0 Å². The molecular weight excluding hydrogens is 154 g/mol. The average molecular weight is 165 g/mol. The highest BCUT2D eigenvalue weighted by molar-refractivity contribution is 5.64. The van der Waals surface area contributed by atoms with Gasteiger partial charge in [-0.15, -0.1) is 0 Å². The lowest BCUT2D eigenvalue weighted by atomic mass is 10.2. The molecule has 0 rings (SSSR count). The lowest BCUT2D eigenvalue weighted by molar-refractivity contribution is -0.0410. The maximum Gasteiger partial charge on any atom is 0.404 e. The second-order valence-electron chi connectivity index (χ2n) is 1.95. The Morgan fingerprint density at radius 1 is 1.45 bits per heavy atom. The number of aliphatic hydroxyl groups excluding tert-OH is 3. The molecule has 2 atom stereocenters. The molecule has 0 saturated carbocycles. The van der Waals surface area contributed by atoms with Crippen molar-refractivity contribution < 1.29 is 24.9 Å². The van der Waals surface area contributed by atoms with Crippen LogP contribution >= 0.6 is 0 Å². The molecule has 0 aromatic rings. The van der Waals surface area contributed by atoms with Crippen molar-refractivity contribution in [3.8, 4) is 0 Å². The minimum Gasteiger partial charge on any atom is -0.447 e. The zero-order chi connectivity index (χ0) is 8.85. The van der Waals surface area contributed by atoms with Crippen molar-refractivity contribution in [2.24, 2.45) is 5.73 Å². The number of amides is 1. The summed E-state index contributed by atoms with van der Waals surface area (Å²) < 4.78 is 4.14. The zero-order valence-electron chi connectivity index (χ0n) is 5.80. The molecule has 6 heteroatoms. The summed E-state index contributed by atoms with van der Waals surface area (Å²) in [5.74, 6) is 0. The molecule has 11 heavy (non-hydrogen) atoms. The Labute approximate surface area is 63.2 Å². The molecule has 0 aromatic heterocycles. The summed E-state index contributed by atoms with van der Waals surface area (Å²) in [6, 6.07) is 0. The molecule has 0 aromatic carbocycles. The van der Waals surface area contributed by atoms with Crippen LogP contribution in [0.4, 0.5) is 4.79 Å². The van der Waals surface area contributed by atoms with Crippen LogP contribution in [0.3, 0.4) is 0 Å². The number of hydrogen-bond donors (Lipinski definition) is 4. The summed E-state index contributed by atoms with van der Waals surface area (Å²) in [7, 11) is 0. The van der Waals surface area contributed by atoms with E-state index in [4.69, 9.17) is 15.3 Å². The molecule has 0 radical (unpaired) electrons. The Kier molecular flexibility index (Phi) is 4.51. The number of rotatable bonds is 4. The van der Waals surface area contributed by atoms with Crippen LogP contribution in [0.15, 0.2) is 0 Å². The van der Waals surface area contributed by atoms with E-state index in [1.54, 1.807) is 0 Å². The van der Waals surface area contributed by atoms with Crippen molar-refractivity contribution in [3.63, 3.8) is 0 Å². The van der Waals surface area contributed by atoms with Gasteiger partial charge < -0.3 is 25.8 Å². The van der Waals surface area contributed by atoms with E-state index in [1.807, 2.05) is 0 Å². The molecule has 1 amide bonds. The van der Waals surface area contributed by atoms with Gasteiger partial charge in [0.1, 0.15) is 18.8 Å². The van der Waals surface area contributed by atoms with Crippen LogP contribution in [0, 0.1) is 0 Å². The number of primary amides is 1. The molecular formula is C5H11NO5. The minimum atomic E-state index is -1.31. The molecule has 0 spiro atoms. The first-order valence-corrected chi connectivity index (χ1v) is 2.97. The number of ether oxygens (including phenoxy) is 1. The van der Waals surface area contributed by atoms with Crippen LogP contribution in [-0.4, -0.2) is 46.8 Å². The number of carbonyl (C=O) groups is 1. The lowest BCUT2D eigenvalue weighted by Crippen LogP contribution is -2.34. The van der Waals surface area contributed by atoms with E-state index in [0.717, 1.165) is 0 Å². The zero-order valence-corrected chi connectivity index (χ0v) is 5.80. The summed E-state index contributed by atoms with van der Waals surface area (Å²) in [5, 5.41) is 25.8.